The molecule has 0 radical (unpaired) electrons. The summed E-state index contributed by atoms with van der Waals surface area (Å²) in [5, 5.41) is -0.555. The van der Waals surface area contributed by atoms with E-state index in [2.05, 4.69) is 11.9 Å². The van der Waals surface area contributed by atoms with Crippen LogP contribution in [0.4, 0.5) is 0 Å². The maximum atomic E-state index is 12.0. The Hall–Kier alpha value is -1.52. The van der Waals surface area contributed by atoms with E-state index in [-0.39, 0.29) is 5.69 Å². The van der Waals surface area contributed by atoms with Crippen molar-refractivity contribution in [2.45, 2.75) is 18.6 Å². The van der Waals surface area contributed by atoms with Gasteiger partial charge in [0, 0.05) is 16.5 Å². The first kappa shape index (κ1) is 15.9. The molecule has 0 saturated carbocycles. The van der Waals surface area contributed by atoms with Gasteiger partial charge in [0.2, 0.25) is 0 Å². The van der Waals surface area contributed by atoms with Gasteiger partial charge in [-0.1, -0.05) is 37.3 Å². The molecular weight excluding hydrogens is 306 g/mol. The van der Waals surface area contributed by atoms with Crippen LogP contribution in [0.2, 0.25) is 0 Å². The van der Waals surface area contributed by atoms with Crippen molar-refractivity contribution < 1.29 is 9.59 Å². The third-order valence-electron chi connectivity index (χ3n) is 3.27. The number of nitrogens with one attached hydrogen (secondary N) is 1. The second-order valence-corrected chi connectivity index (χ2v) is 6.42. The predicted octanol–water partition coefficient (Wildman–Crippen LogP) is 3.92. The third kappa shape index (κ3) is 3.77. The molecule has 1 aromatic carbocycles. The number of hydrogen-bond acceptors (Lipinski definition) is 3. The van der Waals surface area contributed by atoms with E-state index in [4.69, 9.17) is 11.6 Å². The van der Waals surface area contributed by atoms with Crippen molar-refractivity contribution in [2.75, 3.05) is 6.26 Å². The predicted molar refractivity (Wildman–Crippen MR) is 88.1 cm³/mol. The molecule has 0 bridgehead atoms. The average molecular weight is 322 g/mol. The summed E-state index contributed by atoms with van der Waals surface area (Å²) in [6, 6.07) is 11.4. The van der Waals surface area contributed by atoms with Crippen molar-refractivity contribution in [3.8, 4) is 11.1 Å². The van der Waals surface area contributed by atoms with Crippen molar-refractivity contribution >= 4 is 34.4 Å². The Kier molecular flexibility index (Phi) is 5.26. The highest BCUT2D eigenvalue weighted by molar-refractivity contribution is 7.99. The van der Waals surface area contributed by atoms with Crippen molar-refractivity contribution in [3.63, 3.8) is 0 Å². The van der Waals surface area contributed by atoms with Gasteiger partial charge in [-0.2, -0.15) is 11.8 Å². The van der Waals surface area contributed by atoms with Crippen LogP contribution in [0.15, 0.2) is 36.4 Å². The number of ketones is 1. The van der Waals surface area contributed by atoms with Gasteiger partial charge in [0.15, 0.2) is 0 Å². The molecule has 0 aliphatic rings. The van der Waals surface area contributed by atoms with Crippen LogP contribution in [0.1, 0.15) is 23.1 Å². The van der Waals surface area contributed by atoms with E-state index in [9.17, 15) is 9.59 Å². The first-order valence-electron chi connectivity index (χ1n) is 6.57. The van der Waals surface area contributed by atoms with Gasteiger partial charge in [-0.15, -0.1) is 0 Å². The van der Waals surface area contributed by atoms with E-state index < -0.39 is 11.0 Å². The highest BCUT2D eigenvalue weighted by Gasteiger charge is 2.22. The number of Topliss-reactive ketones (excluding diaryl/α,β-unsaturated/α-hetero) is 1. The van der Waals surface area contributed by atoms with Crippen LogP contribution in [0.5, 0.6) is 0 Å². The monoisotopic (exact) mass is 321 g/mol. The number of aromatic nitrogens is 1. The minimum Gasteiger partial charge on any atom is -0.355 e. The summed E-state index contributed by atoms with van der Waals surface area (Å²) in [5.74, 6) is -0.696. The fraction of sp³-hybridized carbons (Fsp3) is 0.250. The average Bonchev–Trinajstić information content (AvgIpc) is 2.90. The van der Waals surface area contributed by atoms with Gasteiger partial charge >= 0.3 is 0 Å². The molecule has 0 fully saturated rings. The molecule has 0 amide bonds. The standard InChI is InChI=1S/C16H16ClNO2S/c1-10(21-2)8-12-9-13(11-6-4-3-5-7-11)14(18-12)15(19)16(17)20/h3-7,9-10,18H,8H2,1-2H3. The molecule has 1 heterocycles. The lowest BCUT2D eigenvalue weighted by atomic mass is 10.0. The lowest BCUT2D eigenvalue weighted by molar-refractivity contribution is -0.108. The molecule has 3 nitrogen and oxygen atoms in total. The Labute approximate surface area is 133 Å². The van der Waals surface area contributed by atoms with Crippen LogP contribution >= 0.6 is 23.4 Å². The second kappa shape index (κ2) is 6.96. The zero-order valence-corrected chi connectivity index (χ0v) is 13.4. The van der Waals surface area contributed by atoms with Crippen LogP contribution in [-0.2, 0) is 11.2 Å². The SMILES string of the molecule is CSC(C)Cc1cc(-c2ccccc2)c(C(=O)C(=O)Cl)[nH]1. The lowest BCUT2D eigenvalue weighted by Crippen LogP contribution is -2.09. The molecule has 2 rings (SSSR count). The fourth-order valence-corrected chi connectivity index (χ4v) is 2.58. The maximum absolute atomic E-state index is 12.0. The Morgan fingerprint density at radius 3 is 2.52 bits per heavy atom. The summed E-state index contributed by atoms with van der Waals surface area (Å²) in [4.78, 5) is 26.3. The van der Waals surface area contributed by atoms with Gasteiger partial charge < -0.3 is 4.98 Å². The molecule has 21 heavy (non-hydrogen) atoms. The van der Waals surface area contributed by atoms with E-state index in [0.717, 1.165) is 23.2 Å². The molecule has 1 unspecified atom stereocenters. The smallest absolute Gasteiger partial charge is 0.294 e. The van der Waals surface area contributed by atoms with Crippen molar-refractivity contribution in [2.24, 2.45) is 0 Å². The van der Waals surface area contributed by atoms with Gasteiger partial charge in [-0.25, -0.2) is 0 Å². The lowest BCUT2D eigenvalue weighted by Gasteiger charge is -2.04. The zero-order valence-electron chi connectivity index (χ0n) is 11.9. The number of thioether (sulfide) groups is 1. The summed E-state index contributed by atoms with van der Waals surface area (Å²) in [5.41, 5.74) is 2.80. The summed E-state index contributed by atoms with van der Waals surface area (Å²) < 4.78 is 0. The first-order valence-corrected chi connectivity index (χ1v) is 8.23. The summed E-state index contributed by atoms with van der Waals surface area (Å²) >= 11 is 7.10. The molecule has 5 heteroatoms. The Morgan fingerprint density at radius 2 is 1.95 bits per heavy atom. The van der Waals surface area contributed by atoms with E-state index in [1.807, 2.05) is 42.7 Å². The third-order valence-corrected chi connectivity index (χ3v) is 4.42. The van der Waals surface area contributed by atoms with Crippen LogP contribution in [0.25, 0.3) is 11.1 Å². The molecule has 110 valence electrons. The van der Waals surface area contributed by atoms with Crippen LogP contribution < -0.4 is 0 Å². The van der Waals surface area contributed by atoms with Gasteiger partial charge in [0.05, 0.1) is 5.69 Å². The van der Waals surface area contributed by atoms with E-state index in [1.54, 1.807) is 11.8 Å². The fourth-order valence-electron chi connectivity index (χ4n) is 2.14. The van der Waals surface area contributed by atoms with Crippen LogP contribution in [0, 0.1) is 0 Å². The number of halogens is 1. The summed E-state index contributed by atoms with van der Waals surface area (Å²) in [7, 11) is 0. The quantitative estimate of drug-likeness (QED) is 0.498. The van der Waals surface area contributed by atoms with Crippen molar-refractivity contribution in [1.82, 2.24) is 4.98 Å². The van der Waals surface area contributed by atoms with Crippen LogP contribution in [-0.4, -0.2) is 27.5 Å². The Morgan fingerprint density at radius 1 is 1.29 bits per heavy atom. The number of rotatable bonds is 6. The number of carbonyl (C=O) groups is 2. The van der Waals surface area contributed by atoms with Gasteiger partial charge in [0.25, 0.3) is 11.0 Å². The summed E-state index contributed by atoms with van der Waals surface area (Å²) in [6.07, 6.45) is 2.84. The number of carbonyl (C=O) groups excluding carboxylic acids is 2. The summed E-state index contributed by atoms with van der Waals surface area (Å²) in [6.45, 7) is 2.11. The maximum Gasteiger partial charge on any atom is 0.294 e. The molecular formula is C16H16ClNO2S. The van der Waals surface area contributed by atoms with E-state index in [0.29, 0.717) is 5.25 Å². The topological polar surface area (TPSA) is 49.9 Å². The van der Waals surface area contributed by atoms with E-state index in [1.165, 1.54) is 0 Å². The minimum atomic E-state index is -0.974. The second-order valence-electron chi connectivity index (χ2n) is 4.80. The Balaban J connectivity index is 2.46. The molecule has 2 aromatic rings. The number of H-pyrrole nitrogens is 1. The highest BCUT2D eigenvalue weighted by atomic mass is 35.5. The molecule has 1 atom stereocenters. The molecule has 0 saturated heterocycles. The molecule has 0 aliphatic heterocycles. The number of aromatic amines is 1. The largest absolute Gasteiger partial charge is 0.355 e. The van der Waals surface area contributed by atoms with Crippen molar-refractivity contribution in [3.05, 3.63) is 47.8 Å². The minimum absolute atomic E-state index is 0.268. The van der Waals surface area contributed by atoms with Crippen molar-refractivity contribution in [1.29, 1.82) is 0 Å². The highest BCUT2D eigenvalue weighted by Crippen LogP contribution is 2.27. The Bertz CT molecular complexity index is 652. The van der Waals surface area contributed by atoms with Gasteiger partial charge in [-0.05, 0) is 35.9 Å². The molecule has 0 aliphatic carbocycles. The molecule has 1 aromatic heterocycles. The van der Waals surface area contributed by atoms with Gasteiger partial charge in [0.1, 0.15) is 0 Å². The number of benzene rings is 1. The normalized spacial score (nSPS) is 12.1. The zero-order chi connectivity index (χ0) is 15.4. The van der Waals surface area contributed by atoms with Gasteiger partial charge in [-0.3, -0.25) is 9.59 Å². The molecule has 1 N–H and O–H groups in total. The van der Waals surface area contributed by atoms with E-state index >= 15 is 0 Å². The first-order chi connectivity index (χ1) is 10.0. The molecule has 0 spiro atoms. The van der Waals surface area contributed by atoms with Crippen LogP contribution in [0.3, 0.4) is 0 Å². The number of hydrogen-bond donors (Lipinski definition) is 1.